The number of ether oxygens (including phenoxy) is 1. The smallest absolute Gasteiger partial charge is 0.261 e. The van der Waals surface area contributed by atoms with E-state index in [1.165, 1.54) is 37.5 Å². The molecule has 2 aromatic carbocycles. The molecule has 2 amide bonds. The summed E-state index contributed by atoms with van der Waals surface area (Å²) in [7, 11) is 1.44. The van der Waals surface area contributed by atoms with Crippen LogP contribution in [0.4, 0.5) is 10.8 Å². The average Bonchev–Trinajstić information content (AvgIpc) is 2.97. The Bertz CT molecular complexity index is 1020. The Morgan fingerprint density at radius 1 is 1.19 bits per heavy atom. The van der Waals surface area contributed by atoms with Gasteiger partial charge in [-0.25, -0.2) is 4.98 Å². The predicted molar refractivity (Wildman–Crippen MR) is 105 cm³/mol. The van der Waals surface area contributed by atoms with Crippen LogP contribution in [0.3, 0.4) is 0 Å². The van der Waals surface area contributed by atoms with Gasteiger partial charge in [-0.15, -0.1) is 0 Å². The molecular formula is C18H16ClN3O3S. The number of hydrogen-bond acceptors (Lipinski definition) is 5. The number of nitrogens with zero attached hydrogens (tertiary/aromatic N) is 1. The van der Waals surface area contributed by atoms with Crippen molar-refractivity contribution in [3.8, 4) is 5.75 Å². The topological polar surface area (TPSA) is 80.3 Å². The Morgan fingerprint density at radius 2 is 1.96 bits per heavy atom. The molecule has 0 bridgehead atoms. The maximum atomic E-state index is 12.7. The number of carbonyl (C=O) groups excluding carboxylic acids is 2. The van der Waals surface area contributed by atoms with Gasteiger partial charge in [0.25, 0.3) is 5.91 Å². The second kappa shape index (κ2) is 7.31. The van der Waals surface area contributed by atoms with Gasteiger partial charge in [0.1, 0.15) is 5.75 Å². The molecule has 0 fully saturated rings. The predicted octanol–water partition coefficient (Wildman–Crippen LogP) is 4.48. The molecule has 1 aromatic heterocycles. The Labute approximate surface area is 159 Å². The van der Waals surface area contributed by atoms with Crippen molar-refractivity contribution in [2.24, 2.45) is 0 Å². The maximum Gasteiger partial charge on any atom is 0.261 e. The lowest BCUT2D eigenvalue weighted by Crippen LogP contribution is -2.14. The van der Waals surface area contributed by atoms with Gasteiger partial charge in [-0.1, -0.05) is 29.0 Å². The standard InChI is InChI=1S/C18H16ClN3O3S/c1-9-4-5-13-16(6-9)26-18(21-13)22-17(24)11-7-12(19)14(20-10(2)23)8-15(11)25-3/h4-8H,1-3H3,(H,20,23)(H,21,22,24). The van der Waals surface area contributed by atoms with Gasteiger partial charge in [0.05, 0.1) is 33.6 Å². The summed E-state index contributed by atoms with van der Waals surface area (Å²) in [5.41, 5.74) is 2.58. The zero-order valence-electron chi connectivity index (χ0n) is 14.3. The fourth-order valence-corrected chi connectivity index (χ4v) is 3.60. The minimum absolute atomic E-state index is 0.242. The number of rotatable bonds is 4. The van der Waals surface area contributed by atoms with Crippen LogP contribution in [0.5, 0.6) is 5.75 Å². The summed E-state index contributed by atoms with van der Waals surface area (Å²) in [5, 5.41) is 6.09. The largest absolute Gasteiger partial charge is 0.496 e. The van der Waals surface area contributed by atoms with Crippen LogP contribution in [-0.4, -0.2) is 23.9 Å². The summed E-state index contributed by atoms with van der Waals surface area (Å²) in [5.74, 6) is -0.363. The van der Waals surface area contributed by atoms with Crippen LogP contribution in [-0.2, 0) is 4.79 Å². The fourth-order valence-electron chi connectivity index (χ4n) is 2.43. The highest BCUT2D eigenvalue weighted by Crippen LogP contribution is 2.32. The van der Waals surface area contributed by atoms with Gasteiger partial charge in [-0.05, 0) is 30.7 Å². The molecule has 0 radical (unpaired) electrons. The van der Waals surface area contributed by atoms with E-state index in [0.717, 1.165) is 15.8 Å². The monoisotopic (exact) mass is 389 g/mol. The van der Waals surface area contributed by atoms with Crippen molar-refractivity contribution < 1.29 is 14.3 Å². The number of thiazole rings is 1. The van der Waals surface area contributed by atoms with E-state index in [2.05, 4.69) is 15.6 Å². The number of halogens is 1. The summed E-state index contributed by atoms with van der Waals surface area (Å²) in [4.78, 5) is 28.3. The molecule has 0 aliphatic carbocycles. The summed E-state index contributed by atoms with van der Waals surface area (Å²) >= 11 is 7.56. The number of amides is 2. The highest BCUT2D eigenvalue weighted by Gasteiger charge is 2.18. The number of methoxy groups -OCH3 is 1. The molecule has 2 N–H and O–H groups in total. The molecule has 0 atom stereocenters. The lowest BCUT2D eigenvalue weighted by molar-refractivity contribution is -0.114. The highest BCUT2D eigenvalue weighted by molar-refractivity contribution is 7.22. The van der Waals surface area contributed by atoms with Crippen molar-refractivity contribution in [3.05, 3.63) is 46.5 Å². The first kappa shape index (κ1) is 18.2. The van der Waals surface area contributed by atoms with E-state index < -0.39 is 5.91 Å². The van der Waals surface area contributed by atoms with Gasteiger partial charge in [-0.3, -0.25) is 14.9 Å². The first-order valence-electron chi connectivity index (χ1n) is 7.71. The third kappa shape index (κ3) is 3.79. The lowest BCUT2D eigenvalue weighted by atomic mass is 10.1. The molecule has 0 aliphatic rings. The van der Waals surface area contributed by atoms with Gasteiger partial charge >= 0.3 is 0 Å². The Balaban J connectivity index is 1.90. The number of anilines is 2. The van der Waals surface area contributed by atoms with Gasteiger partial charge in [0, 0.05) is 13.0 Å². The van der Waals surface area contributed by atoms with E-state index in [1.807, 2.05) is 25.1 Å². The van der Waals surface area contributed by atoms with Gasteiger partial charge in [0.15, 0.2) is 5.13 Å². The number of carbonyl (C=O) groups is 2. The Kier molecular flexibility index (Phi) is 5.11. The second-order valence-electron chi connectivity index (χ2n) is 5.66. The van der Waals surface area contributed by atoms with E-state index in [1.54, 1.807) is 0 Å². The number of aromatic nitrogens is 1. The molecule has 0 unspecified atom stereocenters. The molecule has 6 nitrogen and oxygen atoms in total. The van der Waals surface area contributed by atoms with Crippen molar-refractivity contribution in [1.82, 2.24) is 4.98 Å². The molecule has 8 heteroatoms. The van der Waals surface area contributed by atoms with Crippen LogP contribution in [0.15, 0.2) is 30.3 Å². The van der Waals surface area contributed by atoms with Crippen LogP contribution >= 0.6 is 22.9 Å². The molecule has 0 spiro atoms. The minimum atomic E-state index is -0.395. The van der Waals surface area contributed by atoms with Gasteiger partial charge in [-0.2, -0.15) is 0 Å². The molecule has 0 saturated heterocycles. The first-order chi connectivity index (χ1) is 12.4. The summed E-state index contributed by atoms with van der Waals surface area (Å²) in [6.45, 7) is 3.37. The Morgan fingerprint density at radius 3 is 2.65 bits per heavy atom. The van der Waals surface area contributed by atoms with Crippen molar-refractivity contribution in [2.45, 2.75) is 13.8 Å². The fraction of sp³-hybridized carbons (Fsp3) is 0.167. The van der Waals surface area contributed by atoms with Crippen molar-refractivity contribution in [2.75, 3.05) is 17.7 Å². The third-order valence-corrected chi connectivity index (χ3v) is 4.86. The van der Waals surface area contributed by atoms with E-state index in [9.17, 15) is 9.59 Å². The minimum Gasteiger partial charge on any atom is -0.496 e. The van der Waals surface area contributed by atoms with Crippen LogP contribution in [0, 0.1) is 6.92 Å². The van der Waals surface area contributed by atoms with E-state index in [4.69, 9.17) is 16.3 Å². The van der Waals surface area contributed by atoms with E-state index in [0.29, 0.717) is 16.6 Å². The molecular weight excluding hydrogens is 374 g/mol. The number of aryl methyl sites for hydroxylation is 1. The molecule has 0 aliphatic heterocycles. The first-order valence-corrected chi connectivity index (χ1v) is 8.90. The summed E-state index contributed by atoms with van der Waals surface area (Å²) in [6.07, 6.45) is 0. The molecule has 3 aromatic rings. The zero-order chi connectivity index (χ0) is 18.8. The normalized spacial score (nSPS) is 10.6. The van der Waals surface area contributed by atoms with Crippen LogP contribution in [0.25, 0.3) is 10.2 Å². The highest BCUT2D eigenvalue weighted by atomic mass is 35.5. The average molecular weight is 390 g/mol. The van der Waals surface area contributed by atoms with Crippen LogP contribution < -0.4 is 15.4 Å². The molecule has 3 rings (SSSR count). The van der Waals surface area contributed by atoms with Crippen molar-refractivity contribution in [1.29, 1.82) is 0 Å². The second-order valence-corrected chi connectivity index (χ2v) is 7.10. The number of hydrogen-bond donors (Lipinski definition) is 2. The third-order valence-electron chi connectivity index (χ3n) is 3.61. The zero-order valence-corrected chi connectivity index (χ0v) is 15.9. The van der Waals surface area contributed by atoms with Gasteiger partial charge < -0.3 is 10.1 Å². The van der Waals surface area contributed by atoms with E-state index >= 15 is 0 Å². The SMILES string of the molecule is COc1cc(NC(C)=O)c(Cl)cc1C(=O)Nc1nc2ccc(C)cc2s1. The van der Waals surface area contributed by atoms with E-state index in [-0.39, 0.29) is 16.5 Å². The molecule has 0 saturated carbocycles. The molecule has 134 valence electrons. The molecule has 1 heterocycles. The van der Waals surface area contributed by atoms with Crippen molar-refractivity contribution in [3.63, 3.8) is 0 Å². The maximum absolute atomic E-state index is 12.7. The molecule has 26 heavy (non-hydrogen) atoms. The Hall–Kier alpha value is -2.64. The number of nitrogens with one attached hydrogen (secondary N) is 2. The quantitative estimate of drug-likeness (QED) is 0.689. The van der Waals surface area contributed by atoms with Crippen molar-refractivity contribution >= 4 is 55.8 Å². The lowest BCUT2D eigenvalue weighted by Gasteiger charge is -2.12. The van der Waals surface area contributed by atoms with Gasteiger partial charge in [0.2, 0.25) is 5.91 Å². The van der Waals surface area contributed by atoms with Crippen LogP contribution in [0.1, 0.15) is 22.8 Å². The number of fused-ring (bicyclic) bond motifs is 1. The van der Waals surface area contributed by atoms with Crippen LogP contribution in [0.2, 0.25) is 5.02 Å². The number of benzene rings is 2. The summed E-state index contributed by atoms with van der Waals surface area (Å²) < 4.78 is 6.26. The summed E-state index contributed by atoms with van der Waals surface area (Å²) in [6, 6.07) is 8.87.